The fraction of sp³-hybridized carbons (Fsp3) is 0.605. The molecule has 2 heterocycles. The first-order valence-corrected chi connectivity index (χ1v) is 19.7. The van der Waals surface area contributed by atoms with Gasteiger partial charge in [-0.05, 0) is 75.5 Å². The minimum atomic E-state index is -1.40. The summed E-state index contributed by atoms with van der Waals surface area (Å²) in [5.41, 5.74) is 22.2. The minimum absolute atomic E-state index is 0.0246. The molecule has 7 atom stereocenters. The highest BCUT2D eigenvalue weighted by molar-refractivity contribution is 5.97. The molecule has 21 heteroatoms. The van der Waals surface area contributed by atoms with E-state index in [1.807, 2.05) is 0 Å². The average Bonchev–Trinajstić information content (AvgIpc) is 3.87. The zero-order valence-corrected chi connectivity index (χ0v) is 33.7. The number of amides is 7. The third-order valence-corrected chi connectivity index (χ3v) is 10.2. The molecule has 2 fully saturated rings. The highest BCUT2D eigenvalue weighted by Gasteiger charge is 2.43. The van der Waals surface area contributed by atoms with Crippen molar-refractivity contribution < 1.29 is 48.6 Å². The number of guanidine groups is 1. The van der Waals surface area contributed by atoms with Gasteiger partial charge < -0.3 is 64.2 Å². The number of likely N-dealkylation sites (tertiary alicyclic amines) is 2. The Morgan fingerprint density at radius 2 is 1.32 bits per heavy atom. The lowest BCUT2D eigenvalue weighted by atomic mass is 10.0. The molecule has 21 nitrogen and oxygen atoms in total. The number of aliphatic carboxylic acids is 1. The number of carboxylic acid groups (broad SMARTS) is 1. The Hall–Kier alpha value is -5.99. The molecular formula is C38H59N11O10. The van der Waals surface area contributed by atoms with Crippen molar-refractivity contribution in [2.45, 2.75) is 121 Å². The van der Waals surface area contributed by atoms with Crippen LogP contribution in [0.1, 0.15) is 77.7 Å². The van der Waals surface area contributed by atoms with Crippen molar-refractivity contribution in [2.24, 2.45) is 33.8 Å². The van der Waals surface area contributed by atoms with E-state index >= 15 is 0 Å². The lowest BCUT2D eigenvalue weighted by Crippen LogP contribution is -2.60. The lowest BCUT2D eigenvalue weighted by Gasteiger charge is -2.33. The Labute approximate surface area is 342 Å². The molecule has 2 saturated heterocycles. The quantitative estimate of drug-likeness (QED) is 0.0342. The normalized spacial score (nSPS) is 18.8. The molecule has 1 aromatic carbocycles. The molecule has 326 valence electrons. The molecule has 2 aliphatic heterocycles. The summed E-state index contributed by atoms with van der Waals surface area (Å²) in [4.78, 5) is 112. The SMILES string of the molecule is CC(N)C(=O)NC(C(=O)N1CCC[C@H]1C(=O)NC(Cc1ccc(O)cc1)C(=O)N1CCC[C@H]1C(=O)NC(CCC(N)=O)C(=O)NC(CCCN=C(N)N)C(=O)O)C(C)C. The number of phenols is 1. The Morgan fingerprint density at radius 1 is 0.763 bits per heavy atom. The maximum absolute atomic E-state index is 14.4. The summed E-state index contributed by atoms with van der Waals surface area (Å²) in [7, 11) is 0. The number of primary amides is 1. The van der Waals surface area contributed by atoms with E-state index < -0.39 is 89.6 Å². The molecule has 0 bridgehead atoms. The van der Waals surface area contributed by atoms with Gasteiger partial charge in [-0.3, -0.25) is 38.6 Å². The van der Waals surface area contributed by atoms with Gasteiger partial charge in [0.25, 0.3) is 0 Å². The molecule has 7 amide bonds. The van der Waals surface area contributed by atoms with Crippen molar-refractivity contribution in [3.05, 3.63) is 29.8 Å². The van der Waals surface area contributed by atoms with Gasteiger partial charge in [0.05, 0.1) is 6.04 Å². The molecule has 0 spiro atoms. The molecule has 3 rings (SSSR count). The molecule has 59 heavy (non-hydrogen) atoms. The number of carbonyl (C=O) groups is 8. The zero-order valence-electron chi connectivity index (χ0n) is 33.7. The fourth-order valence-corrected chi connectivity index (χ4v) is 6.98. The Bertz CT molecular complexity index is 1720. The van der Waals surface area contributed by atoms with E-state index in [0.717, 1.165) is 0 Å². The number of nitrogens with one attached hydrogen (secondary N) is 4. The monoisotopic (exact) mass is 829 g/mol. The minimum Gasteiger partial charge on any atom is -0.508 e. The van der Waals surface area contributed by atoms with Crippen molar-refractivity contribution in [3.63, 3.8) is 0 Å². The summed E-state index contributed by atoms with van der Waals surface area (Å²) in [5.74, 6) is -6.56. The zero-order chi connectivity index (χ0) is 44.0. The molecule has 0 aromatic heterocycles. The Balaban J connectivity index is 1.84. The van der Waals surface area contributed by atoms with Crippen LogP contribution in [0.25, 0.3) is 0 Å². The van der Waals surface area contributed by atoms with Crippen LogP contribution in [0.3, 0.4) is 0 Å². The topological polar surface area (TPSA) is 348 Å². The summed E-state index contributed by atoms with van der Waals surface area (Å²) in [6, 6.07) is -1.98. The maximum atomic E-state index is 14.4. The lowest BCUT2D eigenvalue weighted by molar-refractivity contribution is -0.145. The van der Waals surface area contributed by atoms with Crippen LogP contribution in [0, 0.1) is 5.92 Å². The predicted molar refractivity (Wildman–Crippen MR) is 213 cm³/mol. The van der Waals surface area contributed by atoms with Crippen LogP contribution in [0.15, 0.2) is 29.3 Å². The number of phenolic OH excluding ortho intramolecular Hbond substituents is 1. The number of benzene rings is 1. The van der Waals surface area contributed by atoms with Crippen molar-refractivity contribution in [1.82, 2.24) is 31.1 Å². The largest absolute Gasteiger partial charge is 0.508 e. The first-order valence-electron chi connectivity index (χ1n) is 19.7. The average molecular weight is 830 g/mol. The van der Waals surface area contributed by atoms with E-state index in [1.165, 1.54) is 28.9 Å². The van der Waals surface area contributed by atoms with Gasteiger partial charge in [-0.15, -0.1) is 0 Å². The van der Waals surface area contributed by atoms with Gasteiger partial charge in [-0.1, -0.05) is 26.0 Å². The molecular weight excluding hydrogens is 770 g/mol. The second-order valence-corrected chi connectivity index (χ2v) is 15.2. The van der Waals surface area contributed by atoms with Crippen LogP contribution in [-0.2, 0) is 44.8 Å². The van der Waals surface area contributed by atoms with Crippen molar-refractivity contribution in [1.29, 1.82) is 0 Å². The molecule has 1 aromatic rings. The van der Waals surface area contributed by atoms with Gasteiger partial charge in [0.15, 0.2) is 5.96 Å². The highest BCUT2D eigenvalue weighted by atomic mass is 16.4. The second kappa shape index (κ2) is 22.2. The van der Waals surface area contributed by atoms with E-state index in [4.69, 9.17) is 22.9 Å². The van der Waals surface area contributed by atoms with Crippen LogP contribution in [0.5, 0.6) is 5.75 Å². The number of carboxylic acids is 1. The molecule has 2 aliphatic rings. The van der Waals surface area contributed by atoms with Crippen LogP contribution < -0.4 is 44.2 Å². The first-order chi connectivity index (χ1) is 27.8. The number of nitrogens with zero attached hydrogens (tertiary/aromatic N) is 3. The molecule has 0 saturated carbocycles. The standard InChI is InChI=1S/C38H59N11O10/c1-20(2)30(47-31(52)21(3)39)36(57)49-18-6-9-28(49)34(55)46-26(19-22-10-12-23(50)13-11-22)35(56)48-17-5-8-27(48)33(54)44-24(14-15-29(40)51)32(53)45-25(37(58)59)7-4-16-43-38(41)42/h10-13,20-21,24-28,30,50H,4-9,14-19,39H2,1-3H3,(H2,40,51)(H,44,54)(H,45,53)(H,46,55)(H,47,52)(H,58,59)(H4,41,42,43)/t21?,24?,25?,26?,27-,28-,30?/m0/s1. The number of aliphatic imine (C=N–C) groups is 1. The summed E-state index contributed by atoms with van der Waals surface area (Å²) < 4.78 is 0. The number of hydrogen-bond donors (Lipinski definition) is 10. The molecule has 0 radical (unpaired) electrons. The van der Waals surface area contributed by atoms with Crippen molar-refractivity contribution in [2.75, 3.05) is 19.6 Å². The molecule has 14 N–H and O–H groups in total. The summed E-state index contributed by atoms with van der Waals surface area (Å²) in [5, 5.41) is 30.0. The summed E-state index contributed by atoms with van der Waals surface area (Å²) in [6.45, 7) is 5.44. The molecule has 0 aliphatic carbocycles. The Morgan fingerprint density at radius 3 is 1.83 bits per heavy atom. The number of rotatable bonds is 21. The van der Waals surface area contributed by atoms with E-state index in [0.29, 0.717) is 18.4 Å². The van der Waals surface area contributed by atoms with Crippen LogP contribution in [-0.4, -0.2) is 135 Å². The van der Waals surface area contributed by atoms with E-state index in [-0.39, 0.29) is 82.2 Å². The third-order valence-electron chi connectivity index (χ3n) is 10.2. The highest BCUT2D eigenvalue weighted by Crippen LogP contribution is 2.24. The van der Waals surface area contributed by atoms with Crippen molar-refractivity contribution >= 4 is 53.3 Å². The second-order valence-electron chi connectivity index (χ2n) is 15.2. The van der Waals surface area contributed by atoms with Gasteiger partial charge in [-0.25, -0.2) is 4.79 Å². The molecule has 5 unspecified atom stereocenters. The number of hydrogen-bond acceptors (Lipinski definition) is 11. The number of nitrogens with two attached hydrogens (primary N) is 4. The predicted octanol–water partition coefficient (Wildman–Crippen LogP) is -2.74. The maximum Gasteiger partial charge on any atom is 0.326 e. The first kappa shape index (κ1) is 47.4. The number of carbonyl (C=O) groups excluding carboxylic acids is 7. The Kier molecular flexibility index (Phi) is 17.9. The summed E-state index contributed by atoms with van der Waals surface area (Å²) >= 11 is 0. The smallest absolute Gasteiger partial charge is 0.326 e. The van der Waals surface area contributed by atoms with Crippen molar-refractivity contribution in [3.8, 4) is 5.75 Å². The van der Waals surface area contributed by atoms with Crippen LogP contribution in [0.2, 0.25) is 0 Å². The van der Waals surface area contributed by atoms with Crippen LogP contribution in [0.4, 0.5) is 0 Å². The van der Waals surface area contributed by atoms with Crippen LogP contribution >= 0.6 is 0 Å². The van der Waals surface area contributed by atoms with E-state index in [2.05, 4.69) is 26.3 Å². The summed E-state index contributed by atoms with van der Waals surface area (Å²) in [6.07, 6.45) is 0.826. The third kappa shape index (κ3) is 14.1. The van der Waals surface area contributed by atoms with E-state index in [1.54, 1.807) is 26.0 Å². The van der Waals surface area contributed by atoms with Gasteiger partial charge in [0, 0.05) is 32.5 Å². The number of aromatic hydroxyl groups is 1. The van der Waals surface area contributed by atoms with Gasteiger partial charge in [-0.2, -0.15) is 0 Å². The van der Waals surface area contributed by atoms with E-state index in [9.17, 15) is 48.6 Å². The van der Waals surface area contributed by atoms with Gasteiger partial charge >= 0.3 is 5.97 Å². The van der Waals surface area contributed by atoms with Gasteiger partial charge in [0.1, 0.15) is 42.0 Å². The fourth-order valence-electron chi connectivity index (χ4n) is 6.98. The van der Waals surface area contributed by atoms with Gasteiger partial charge in [0.2, 0.25) is 41.4 Å².